The van der Waals surface area contributed by atoms with Crippen LogP contribution in [0.25, 0.3) is 11.0 Å². The molecular weight excluding hydrogens is 394 g/mol. The summed E-state index contributed by atoms with van der Waals surface area (Å²) in [7, 11) is 0. The summed E-state index contributed by atoms with van der Waals surface area (Å²) in [6.45, 7) is 6.89. The fraction of sp³-hybridized carbons (Fsp3) is 0.375. The number of nitrogens with one attached hydrogen (secondary N) is 1. The molecule has 3 aromatic rings. The molecule has 4 rings (SSSR count). The minimum absolute atomic E-state index is 0.204. The Labute approximate surface area is 181 Å². The Bertz CT molecular complexity index is 1090. The lowest BCUT2D eigenvalue weighted by molar-refractivity contribution is -0.152. The number of imidazole rings is 1. The van der Waals surface area contributed by atoms with Crippen LogP contribution in [0.3, 0.4) is 0 Å². The fourth-order valence-electron chi connectivity index (χ4n) is 3.88. The summed E-state index contributed by atoms with van der Waals surface area (Å²) in [5.41, 5.74) is 2.41. The number of para-hydroxylation sites is 2. The molecule has 7 nitrogen and oxygen atoms in total. The van der Waals surface area contributed by atoms with Crippen molar-refractivity contribution in [3.8, 4) is 5.75 Å². The topological polar surface area (TPSA) is 82.5 Å². The Kier molecular flexibility index (Phi) is 5.93. The quantitative estimate of drug-likeness (QED) is 0.457. The van der Waals surface area contributed by atoms with Crippen molar-refractivity contribution in [2.45, 2.75) is 33.2 Å². The first-order chi connectivity index (χ1) is 15.0. The van der Waals surface area contributed by atoms with Crippen molar-refractivity contribution in [3.63, 3.8) is 0 Å². The zero-order valence-electron chi connectivity index (χ0n) is 18.0. The first kappa shape index (κ1) is 20.9. The van der Waals surface area contributed by atoms with Crippen LogP contribution < -0.4 is 10.1 Å². The van der Waals surface area contributed by atoms with E-state index in [9.17, 15) is 9.59 Å². The second-order valence-corrected chi connectivity index (χ2v) is 8.06. The molecule has 1 aliphatic heterocycles. The molecule has 31 heavy (non-hydrogen) atoms. The second kappa shape index (κ2) is 8.79. The number of benzene rings is 2. The van der Waals surface area contributed by atoms with Gasteiger partial charge in [0.2, 0.25) is 11.9 Å². The number of aromatic nitrogens is 2. The predicted octanol–water partition coefficient (Wildman–Crippen LogP) is 4.18. The lowest BCUT2D eigenvalue weighted by Crippen LogP contribution is -2.43. The van der Waals surface area contributed by atoms with Crippen LogP contribution in [-0.2, 0) is 14.3 Å². The highest BCUT2D eigenvalue weighted by atomic mass is 16.5. The number of nitrogens with zero attached hydrogens (tertiary/aromatic N) is 2. The first-order valence-corrected chi connectivity index (χ1v) is 10.7. The van der Waals surface area contributed by atoms with Gasteiger partial charge in [-0.05, 0) is 49.1 Å². The van der Waals surface area contributed by atoms with Gasteiger partial charge in [-0.25, -0.2) is 4.98 Å². The van der Waals surface area contributed by atoms with Crippen molar-refractivity contribution in [1.29, 1.82) is 0 Å². The first-order valence-electron chi connectivity index (χ1n) is 10.7. The number of fused-ring (bicyclic) bond motifs is 3. The van der Waals surface area contributed by atoms with Crippen molar-refractivity contribution in [2.24, 2.45) is 11.8 Å². The van der Waals surface area contributed by atoms with Gasteiger partial charge in [-0.2, -0.15) is 0 Å². The standard InChI is InChI=1S/C24H27N3O4/c1-4-30-23(29)20-21(16-9-11-17(12-10-16)31-14-13-15(2)3)27-19-8-6-5-7-18(19)25-24(27)26-22(20)28/h5-12,15,20-21H,4,13-14H2,1-3H3,(H,25,26,28)/t20-,21-/m0/s1. The summed E-state index contributed by atoms with van der Waals surface area (Å²) in [5, 5.41) is 2.78. The number of ether oxygens (including phenoxy) is 2. The predicted molar refractivity (Wildman–Crippen MR) is 118 cm³/mol. The lowest BCUT2D eigenvalue weighted by Gasteiger charge is -2.32. The molecule has 1 amide bonds. The molecule has 1 aliphatic rings. The SMILES string of the molecule is CCOC(=O)[C@@H]1C(=O)Nc2nc3ccccc3n2[C@H]1c1ccc(OCCC(C)C)cc1. The van der Waals surface area contributed by atoms with Gasteiger partial charge in [0, 0.05) is 0 Å². The molecule has 0 aliphatic carbocycles. The average Bonchev–Trinajstić information content (AvgIpc) is 3.11. The zero-order chi connectivity index (χ0) is 22.0. The van der Waals surface area contributed by atoms with E-state index in [-0.39, 0.29) is 6.61 Å². The van der Waals surface area contributed by atoms with Crippen molar-refractivity contribution in [1.82, 2.24) is 9.55 Å². The molecule has 0 saturated carbocycles. The van der Waals surface area contributed by atoms with Crippen LogP contribution in [0.4, 0.5) is 5.95 Å². The maximum absolute atomic E-state index is 12.9. The number of anilines is 1. The molecule has 2 atom stereocenters. The number of rotatable bonds is 7. The van der Waals surface area contributed by atoms with Gasteiger partial charge < -0.3 is 14.0 Å². The maximum Gasteiger partial charge on any atom is 0.321 e. The van der Waals surface area contributed by atoms with Gasteiger partial charge >= 0.3 is 5.97 Å². The Morgan fingerprint density at radius 1 is 1.16 bits per heavy atom. The third kappa shape index (κ3) is 4.13. The summed E-state index contributed by atoms with van der Waals surface area (Å²) in [6, 6.07) is 14.6. The minimum Gasteiger partial charge on any atom is -0.494 e. The summed E-state index contributed by atoms with van der Waals surface area (Å²) >= 11 is 0. The third-order valence-electron chi connectivity index (χ3n) is 5.43. The van der Waals surface area contributed by atoms with E-state index in [1.165, 1.54) is 0 Å². The molecule has 2 aromatic carbocycles. The summed E-state index contributed by atoms with van der Waals surface area (Å²) in [6.07, 6.45) is 0.972. The van der Waals surface area contributed by atoms with Gasteiger partial charge in [-0.3, -0.25) is 14.9 Å². The van der Waals surface area contributed by atoms with Gasteiger partial charge in [0.25, 0.3) is 0 Å². The Balaban J connectivity index is 1.75. The lowest BCUT2D eigenvalue weighted by atomic mass is 9.90. The van der Waals surface area contributed by atoms with E-state index in [1.807, 2.05) is 53.1 Å². The minimum atomic E-state index is -1.02. The molecule has 0 fully saturated rings. The van der Waals surface area contributed by atoms with E-state index >= 15 is 0 Å². The van der Waals surface area contributed by atoms with Gasteiger partial charge in [0.15, 0.2) is 5.92 Å². The summed E-state index contributed by atoms with van der Waals surface area (Å²) in [4.78, 5) is 30.3. The molecule has 7 heteroatoms. The van der Waals surface area contributed by atoms with E-state index < -0.39 is 23.8 Å². The fourth-order valence-corrected chi connectivity index (χ4v) is 3.88. The van der Waals surface area contributed by atoms with Crippen molar-refractivity contribution < 1.29 is 19.1 Å². The summed E-state index contributed by atoms with van der Waals surface area (Å²) < 4.78 is 13.0. The van der Waals surface area contributed by atoms with Gasteiger partial charge in [0.1, 0.15) is 5.75 Å². The van der Waals surface area contributed by atoms with E-state index in [0.717, 1.165) is 28.8 Å². The molecule has 0 saturated heterocycles. The van der Waals surface area contributed by atoms with Crippen molar-refractivity contribution in [3.05, 3.63) is 54.1 Å². The number of esters is 1. The smallest absolute Gasteiger partial charge is 0.321 e. The molecular formula is C24H27N3O4. The average molecular weight is 421 g/mol. The van der Waals surface area contributed by atoms with Crippen LogP contribution in [0, 0.1) is 11.8 Å². The second-order valence-electron chi connectivity index (χ2n) is 8.06. The number of hydrogen-bond acceptors (Lipinski definition) is 5. The summed E-state index contributed by atoms with van der Waals surface area (Å²) in [5.74, 6) is -0.229. The molecule has 0 unspecified atom stereocenters. The van der Waals surface area contributed by atoms with Crippen molar-refractivity contribution >= 4 is 28.9 Å². The van der Waals surface area contributed by atoms with E-state index in [2.05, 4.69) is 24.1 Å². The highest BCUT2D eigenvalue weighted by Gasteiger charge is 2.44. The zero-order valence-corrected chi connectivity index (χ0v) is 18.0. The molecule has 162 valence electrons. The maximum atomic E-state index is 12.9. The molecule has 0 spiro atoms. The molecule has 1 N–H and O–H groups in total. The largest absolute Gasteiger partial charge is 0.494 e. The van der Waals surface area contributed by atoms with Crippen LogP contribution >= 0.6 is 0 Å². The number of amides is 1. The van der Waals surface area contributed by atoms with Crippen LogP contribution in [0.5, 0.6) is 5.75 Å². The van der Waals surface area contributed by atoms with Crippen LogP contribution in [-0.4, -0.2) is 34.6 Å². The van der Waals surface area contributed by atoms with Crippen LogP contribution in [0.1, 0.15) is 38.8 Å². The van der Waals surface area contributed by atoms with Crippen molar-refractivity contribution in [2.75, 3.05) is 18.5 Å². The molecule has 1 aromatic heterocycles. The monoisotopic (exact) mass is 421 g/mol. The van der Waals surface area contributed by atoms with Crippen LogP contribution in [0.2, 0.25) is 0 Å². The highest BCUT2D eigenvalue weighted by Crippen LogP contribution is 2.39. The Hall–Kier alpha value is -3.35. The van der Waals surface area contributed by atoms with E-state index in [1.54, 1.807) is 6.92 Å². The normalized spacial score (nSPS) is 18.0. The molecule has 0 radical (unpaired) electrons. The van der Waals surface area contributed by atoms with Gasteiger partial charge in [0.05, 0.1) is 30.3 Å². The van der Waals surface area contributed by atoms with E-state index in [0.29, 0.717) is 18.5 Å². The Morgan fingerprint density at radius 3 is 2.61 bits per heavy atom. The highest BCUT2D eigenvalue weighted by molar-refractivity contribution is 6.07. The number of hydrogen-bond donors (Lipinski definition) is 1. The van der Waals surface area contributed by atoms with E-state index in [4.69, 9.17) is 9.47 Å². The Morgan fingerprint density at radius 2 is 1.90 bits per heavy atom. The number of carbonyl (C=O) groups excluding carboxylic acids is 2. The van der Waals surface area contributed by atoms with Gasteiger partial charge in [-0.15, -0.1) is 0 Å². The van der Waals surface area contributed by atoms with Gasteiger partial charge in [-0.1, -0.05) is 38.1 Å². The third-order valence-corrected chi connectivity index (χ3v) is 5.43. The molecule has 0 bridgehead atoms. The molecule has 2 heterocycles. The van der Waals surface area contributed by atoms with Crippen LogP contribution in [0.15, 0.2) is 48.5 Å². The number of carbonyl (C=O) groups is 2.